The lowest BCUT2D eigenvalue weighted by Gasteiger charge is -2.51. The third-order valence-corrected chi connectivity index (χ3v) is 5.82. The van der Waals surface area contributed by atoms with Crippen molar-refractivity contribution in [3.8, 4) is 0 Å². The van der Waals surface area contributed by atoms with Crippen LogP contribution in [0.1, 0.15) is 44.1 Å². The topological polar surface area (TPSA) is 58.6 Å². The average Bonchev–Trinajstić information content (AvgIpc) is 2.66. The smallest absolute Gasteiger partial charge is 0.228 e. The van der Waals surface area contributed by atoms with Gasteiger partial charge in [0.05, 0.1) is 12.0 Å². The molecule has 3 rings (SSSR count). The molecular formula is C20H27FN2O3. The van der Waals surface area contributed by atoms with Crippen LogP contribution < -0.4 is 5.32 Å². The van der Waals surface area contributed by atoms with Crippen molar-refractivity contribution in [2.45, 2.75) is 51.1 Å². The summed E-state index contributed by atoms with van der Waals surface area (Å²) < 4.78 is 18.2. The van der Waals surface area contributed by atoms with E-state index in [4.69, 9.17) is 4.74 Å². The van der Waals surface area contributed by atoms with E-state index in [1.54, 1.807) is 19.2 Å². The van der Waals surface area contributed by atoms with Crippen molar-refractivity contribution in [2.75, 3.05) is 20.3 Å². The normalized spacial score (nSPS) is 25.7. The molecular weight excluding hydrogens is 335 g/mol. The summed E-state index contributed by atoms with van der Waals surface area (Å²) in [5.74, 6) is -0.150. The summed E-state index contributed by atoms with van der Waals surface area (Å²) in [6.07, 6.45) is 4.73. The van der Waals surface area contributed by atoms with Gasteiger partial charge in [0.15, 0.2) is 0 Å². The zero-order chi connectivity index (χ0) is 18.6. The maximum Gasteiger partial charge on any atom is 0.228 e. The summed E-state index contributed by atoms with van der Waals surface area (Å²) in [7, 11) is 1.62. The van der Waals surface area contributed by atoms with Crippen molar-refractivity contribution >= 4 is 11.8 Å². The zero-order valence-electron chi connectivity index (χ0n) is 15.3. The van der Waals surface area contributed by atoms with Crippen LogP contribution in [0.25, 0.3) is 0 Å². The van der Waals surface area contributed by atoms with Crippen molar-refractivity contribution in [3.05, 3.63) is 35.6 Å². The van der Waals surface area contributed by atoms with Crippen LogP contribution in [0.3, 0.4) is 0 Å². The molecule has 0 unspecified atom stereocenters. The highest BCUT2D eigenvalue weighted by Gasteiger charge is 2.52. The summed E-state index contributed by atoms with van der Waals surface area (Å²) in [6, 6.07) is 6.10. The third kappa shape index (κ3) is 3.75. The number of amides is 2. The van der Waals surface area contributed by atoms with Crippen LogP contribution in [-0.2, 0) is 20.9 Å². The number of rotatable bonds is 6. The predicted octanol–water partition coefficient (Wildman–Crippen LogP) is 2.64. The first kappa shape index (κ1) is 18.8. The van der Waals surface area contributed by atoms with Crippen molar-refractivity contribution in [2.24, 2.45) is 5.41 Å². The van der Waals surface area contributed by atoms with Crippen LogP contribution in [0.2, 0.25) is 0 Å². The first-order valence-corrected chi connectivity index (χ1v) is 9.38. The van der Waals surface area contributed by atoms with Crippen LogP contribution in [0.5, 0.6) is 0 Å². The van der Waals surface area contributed by atoms with E-state index in [9.17, 15) is 14.0 Å². The molecule has 142 valence electrons. The van der Waals surface area contributed by atoms with E-state index in [0.717, 1.165) is 31.2 Å². The van der Waals surface area contributed by atoms with Gasteiger partial charge in [-0.15, -0.1) is 0 Å². The molecule has 6 heteroatoms. The Labute approximate surface area is 153 Å². The first-order chi connectivity index (χ1) is 12.6. The Bertz CT molecular complexity index is 649. The fourth-order valence-electron chi connectivity index (χ4n) is 4.42. The lowest BCUT2D eigenvalue weighted by Crippen LogP contribution is -2.62. The van der Waals surface area contributed by atoms with E-state index in [0.29, 0.717) is 32.5 Å². The van der Waals surface area contributed by atoms with Gasteiger partial charge in [0.25, 0.3) is 0 Å². The molecule has 1 saturated carbocycles. The number of likely N-dealkylation sites (tertiary alicyclic amines) is 1. The highest BCUT2D eigenvalue weighted by Crippen LogP contribution is 2.46. The average molecular weight is 362 g/mol. The molecule has 0 spiro atoms. The van der Waals surface area contributed by atoms with Gasteiger partial charge in [-0.05, 0) is 37.0 Å². The van der Waals surface area contributed by atoms with E-state index in [1.165, 1.54) is 12.1 Å². The monoisotopic (exact) mass is 362 g/mol. The van der Waals surface area contributed by atoms with Gasteiger partial charge < -0.3 is 15.0 Å². The zero-order valence-corrected chi connectivity index (χ0v) is 15.3. The van der Waals surface area contributed by atoms with Gasteiger partial charge in [0, 0.05) is 32.7 Å². The van der Waals surface area contributed by atoms with Gasteiger partial charge in [0.1, 0.15) is 5.82 Å². The molecule has 2 aliphatic rings. The molecule has 0 bridgehead atoms. The number of carbonyl (C=O) groups excluding carboxylic acids is 2. The molecule has 26 heavy (non-hydrogen) atoms. The maximum atomic E-state index is 13.2. The predicted molar refractivity (Wildman–Crippen MR) is 95.8 cm³/mol. The second-order valence-electron chi connectivity index (χ2n) is 7.31. The van der Waals surface area contributed by atoms with E-state index in [2.05, 4.69) is 5.32 Å². The highest BCUT2D eigenvalue weighted by molar-refractivity contribution is 5.88. The molecule has 2 amide bonds. The number of carbonyl (C=O) groups is 2. The summed E-state index contributed by atoms with van der Waals surface area (Å²) in [5.41, 5.74) is 0.353. The van der Waals surface area contributed by atoms with Gasteiger partial charge in [-0.3, -0.25) is 9.59 Å². The first-order valence-electron chi connectivity index (χ1n) is 9.38. The summed E-state index contributed by atoms with van der Waals surface area (Å²) >= 11 is 0. The van der Waals surface area contributed by atoms with Gasteiger partial charge in [0.2, 0.25) is 11.8 Å². The van der Waals surface area contributed by atoms with Crippen molar-refractivity contribution in [1.29, 1.82) is 0 Å². The van der Waals surface area contributed by atoms with Gasteiger partial charge in [-0.2, -0.15) is 0 Å². The number of nitrogens with zero attached hydrogens (tertiary/aromatic N) is 1. The largest absolute Gasteiger partial charge is 0.383 e. The molecule has 0 radical (unpaired) electrons. The molecule has 1 aromatic carbocycles. The number of benzene rings is 1. The second-order valence-corrected chi connectivity index (χ2v) is 7.31. The minimum absolute atomic E-state index is 0.0152. The molecule has 1 aliphatic heterocycles. The van der Waals surface area contributed by atoms with Gasteiger partial charge in [-0.1, -0.05) is 25.0 Å². The standard InChI is InChI=1S/C20H27FN2O3/c1-26-13-12-23-17-4-2-3-10-20(17,11-9-18(23)24)19(25)22-14-15-5-7-16(21)8-6-15/h5-8,17H,2-4,9-14H2,1H3,(H,22,25)/t17-,20-/m1/s1. The van der Waals surface area contributed by atoms with E-state index < -0.39 is 5.41 Å². The molecule has 1 aliphatic carbocycles. The van der Waals surface area contributed by atoms with Crippen LogP contribution in [0.4, 0.5) is 4.39 Å². The Balaban J connectivity index is 1.74. The Morgan fingerprint density at radius 2 is 2.08 bits per heavy atom. The van der Waals surface area contributed by atoms with Gasteiger partial charge in [-0.25, -0.2) is 4.39 Å². The fourth-order valence-corrected chi connectivity index (χ4v) is 4.42. The number of methoxy groups -OCH3 is 1. The van der Waals surface area contributed by atoms with E-state index >= 15 is 0 Å². The molecule has 2 fully saturated rings. The summed E-state index contributed by atoms with van der Waals surface area (Å²) in [5, 5.41) is 3.04. The molecule has 1 heterocycles. The Kier molecular flexibility index (Phi) is 5.91. The Morgan fingerprint density at radius 3 is 2.81 bits per heavy atom. The fraction of sp³-hybridized carbons (Fsp3) is 0.600. The minimum atomic E-state index is -0.514. The Morgan fingerprint density at radius 1 is 1.31 bits per heavy atom. The number of hydrogen-bond acceptors (Lipinski definition) is 3. The summed E-state index contributed by atoms with van der Waals surface area (Å²) in [4.78, 5) is 27.5. The lowest BCUT2D eigenvalue weighted by atomic mass is 9.64. The van der Waals surface area contributed by atoms with Crippen molar-refractivity contribution in [1.82, 2.24) is 10.2 Å². The number of fused-ring (bicyclic) bond motifs is 1. The van der Waals surface area contributed by atoms with Crippen molar-refractivity contribution < 1.29 is 18.7 Å². The lowest BCUT2D eigenvalue weighted by molar-refractivity contribution is -0.156. The maximum absolute atomic E-state index is 13.2. The third-order valence-electron chi connectivity index (χ3n) is 5.82. The number of hydrogen-bond donors (Lipinski definition) is 1. The molecule has 0 aromatic heterocycles. The summed E-state index contributed by atoms with van der Waals surface area (Å²) in [6.45, 7) is 1.39. The number of piperidine rings is 1. The van der Waals surface area contributed by atoms with Crippen LogP contribution in [0.15, 0.2) is 24.3 Å². The molecule has 1 aromatic rings. The molecule has 1 saturated heterocycles. The number of halogens is 1. The number of ether oxygens (including phenoxy) is 1. The number of nitrogens with one attached hydrogen (secondary N) is 1. The Hall–Kier alpha value is -1.95. The molecule has 1 N–H and O–H groups in total. The van der Waals surface area contributed by atoms with Crippen LogP contribution in [-0.4, -0.2) is 43.0 Å². The van der Waals surface area contributed by atoms with Gasteiger partial charge >= 0.3 is 0 Å². The minimum Gasteiger partial charge on any atom is -0.383 e. The van der Waals surface area contributed by atoms with Crippen LogP contribution in [0, 0.1) is 11.2 Å². The van der Waals surface area contributed by atoms with Crippen molar-refractivity contribution in [3.63, 3.8) is 0 Å². The quantitative estimate of drug-likeness (QED) is 0.846. The van der Waals surface area contributed by atoms with Crippen LogP contribution >= 0.6 is 0 Å². The van der Waals surface area contributed by atoms with E-state index in [-0.39, 0.29) is 23.7 Å². The second kappa shape index (κ2) is 8.16. The van der Waals surface area contributed by atoms with E-state index in [1.807, 2.05) is 4.90 Å². The SMILES string of the molecule is COCCN1C(=O)CC[C@]2(C(=O)NCc3ccc(F)cc3)CCCC[C@@H]12. The molecule has 5 nitrogen and oxygen atoms in total. The molecule has 2 atom stereocenters. The highest BCUT2D eigenvalue weighted by atomic mass is 19.1.